The van der Waals surface area contributed by atoms with Crippen molar-refractivity contribution in [2.24, 2.45) is 0 Å². The van der Waals surface area contributed by atoms with Crippen molar-refractivity contribution in [3.63, 3.8) is 0 Å². The minimum atomic E-state index is -0.437. The van der Waals surface area contributed by atoms with Gasteiger partial charge >= 0.3 is 5.97 Å². The van der Waals surface area contributed by atoms with E-state index in [2.05, 4.69) is 10.1 Å². The van der Waals surface area contributed by atoms with Crippen LogP contribution in [0, 0.1) is 5.82 Å². The summed E-state index contributed by atoms with van der Waals surface area (Å²) >= 11 is 6.12. The molecule has 21 heavy (non-hydrogen) atoms. The zero-order valence-electron chi connectivity index (χ0n) is 11.7. The number of methoxy groups -OCH3 is 1. The molecular weight excluding hydrogens is 293 g/mol. The van der Waals surface area contributed by atoms with E-state index in [1.165, 1.54) is 19.2 Å². The van der Waals surface area contributed by atoms with Gasteiger partial charge in [-0.1, -0.05) is 23.7 Å². The average Bonchev–Trinajstić information content (AvgIpc) is 2.48. The Morgan fingerprint density at radius 1 is 1.29 bits per heavy atom. The molecule has 2 aromatic rings. The fourth-order valence-corrected chi connectivity index (χ4v) is 2.15. The van der Waals surface area contributed by atoms with Crippen molar-refractivity contribution >= 4 is 23.3 Å². The third-order valence-electron chi connectivity index (χ3n) is 3.11. The molecule has 2 rings (SSSR count). The number of benzene rings is 2. The molecule has 110 valence electrons. The predicted octanol–water partition coefficient (Wildman–Crippen LogP) is 4.44. The van der Waals surface area contributed by atoms with E-state index in [-0.39, 0.29) is 11.9 Å². The van der Waals surface area contributed by atoms with E-state index in [1.807, 2.05) is 13.0 Å². The maximum absolute atomic E-state index is 13.2. The number of halogens is 2. The topological polar surface area (TPSA) is 38.3 Å². The fraction of sp³-hybridized carbons (Fsp3) is 0.188. The van der Waals surface area contributed by atoms with Gasteiger partial charge in [0.05, 0.1) is 23.4 Å². The summed E-state index contributed by atoms with van der Waals surface area (Å²) in [4.78, 5) is 11.5. The highest BCUT2D eigenvalue weighted by Crippen LogP contribution is 2.27. The van der Waals surface area contributed by atoms with Gasteiger partial charge in [-0.15, -0.1) is 0 Å². The molecule has 0 fully saturated rings. The third-order valence-corrected chi connectivity index (χ3v) is 3.44. The molecule has 0 aromatic heterocycles. The van der Waals surface area contributed by atoms with Crippen LogP contribution in [0.5, 0.6) is 0 Å². The van der Waals surface area contributed by atoms with Gasteiger partial charge in [-0.3, -0.25) is 0 Å². The van der Waals surface area contributed by atoms with Crippen LogP contribution >= 0.6 is 11.6 Å². The van der Waals surface area contributed by atoms with Gasteiger partial charge in [-0.2, -0.15) is 0 Å². The first-order valence-electron chi connectivity index (χ1n) is 6.41. The predicted molar refractivity (Wildman–Crippen MR) is 81.2 cm³/mol. The van der Waals surface area contributed by atoms with Crippen LogP contribution in [0.1, 0.15) is 28.9 Å². The Morgan fingerprint density at radius 3 is 2.71 bits per heavy atom. The van der Waals surface area contributed by atoms with Crippen molar-refractivity contribution in [1.29, 1.82) is 0 Å². The van der Waals surface area contributed by atoms with Crippen LogP contribution in [0.4, 0.5) is 10.1 Å². The highest BCUT2D eigenvalue weighted by atomic mass is 35.5. The van der Waals surface area contributed by atoms with E-state index in [4.69, 9.17) is 11.6 Å². The van der Waals surface area contributed by atoms with Gasteiger partial charge in [0.1, 0.15) is 5.82 Å². The zero-order chi connectivity index (χ0) is 15.4. The van der Waals surface area contributed by atoms with Crippen molar-refractivity contribution in [2.45, 2.75) is 13.0 Å². The summed E-state index contributed by atoms with van der Waals surface area (Å²) in [6, 6.07) is 11.0. The SMILES string of the molecule is COC(=O)c1ccc(Cl)c(NC(C)c2cccc(F)c2)c1. The van der Waals surface area contributed by atoms with Crippen LogP contribution in [0.2, 0.25) is 5.02 Å². The second kappa shape index (κ2) is 6.59. The van der Waals surface area contributed by atoms with E-state index in [1.54, 1.807) is 24.3 Å². The Balaban J connectivity index is 2.24. The van der Waals surface area contributed by atoms with E-state index < -0.39 is 5.97 Å². The van der Waals surface area contributed by atoms with Crippen LogP contribution < -0.4 is 5.32 Å². The van der Waals surface area contributed by atoms with Crippen molar-refractivity contribution in [3.8, 4) is 0 Å². The fourth-order valence-electron chi connectivity index (χ4n) is 1.97. The smallest absolute Gasteiger partial charge is 0.337 e. The molecular formula is C16H15ClFNO2. The summed E-state index contributed by atoms with van der Waals surface area (Å²) in [5.74, 6) is -0.733. The molecule has 3 nitrogen and oxygen atoms in total. The van der Waals surface area contributed by atoms with Gasteiger partial charge in [-0.25, -0.2) is 9.18 Å². The summed E-state index contributed by atoms with van der Waals surface area (Å²) in [5, 5.41) is 3.64. The molecule has 0 aliphatic carbocycles. The Hall–Kier alpha value is -2.07. The number of carbonyl (C=O) groups is 1. The minimum Gasteiger partial charge on any atom is -0.465 e. The molecule has 5 heteroatoms. The summed E-state index contributed by atoms with van der Waals surface area (Å²) < 4.78 is 17.9. The maximum Gasteiger partial charge on any atom is 0.337 e. The van der Waals surface area contributed by atoms with Crippen LogP contribution in [0.15, 0.2) is 42.5 Å². The highest BCUT2D eigenvalue weighted by Gasteiger charge is 2.12. The molecule has 0 saturated carbocycles. The van der Waals surface area contributed by atoms with E-state index in [0.29, 0.717) is 16.3 Å². The molecule has 0 amide bonds. The molecule has 0 aliphatic heterocycles. The van der Waals surface area contributed by atoms with Crippen molar-refractivity contribution in [1.82, 2.24) is 0 Å². The van der Waals surface area contributed by atoms with Gasteiger partial charge in [0.2, 0.25) is 0 Å². The average molecular weight is 308 g/mol. The Bertz CT molecular complexity index is 660. The highest BCUT2D eigenvalue weighted by molar-refractivity contribution is 6.33. The quantitative estimate of drug-likeness (QED) is 0.849. The summed E-state index contributed by atoms with van der Waals surface area (Å²) in [6.45, 7) is 1.88. The van der Waals surface area contributed by atoms with Crippen LogP contribution in [0.3, 0.4) is 0 Å². The van der Waals surface area contributed by atoms with Crippen LogP contribution in [-0.2, 0) is 4.74 Å². The van der Waals surface area contributed by atoms with Crippen LogP contribution in [-0.4, -0.2) is 13.1 Å². The Morgan fingerprint density at radius 2 is 2.05 bits per heavy atom. The first kappa shape index (κ1) is 15.3. The third kappa shape index (κ3) is 3.73. The number of nitrogens with one attached hydrogen (secondary N) is 1. The normalized spacial score (nSPS) is 11.8. The number of esters is 1. The lowest BCUT2D eigenvalue weighted by atomic mass is 10.1. The summed E-state index contributed by atoms with van der Waals surface area (Å²) in [6.07, 6.45) is 0. The second-order valence-electron chi connectivity index (χ2n) is 4.61. The number of rotatable bonds is 4. The monoisotopic (exact) mass is 307 g/mol. The molecule has 0 spiro atoms. The van der Waals surface area contributed by atoms with Crippen molar-refractivity contribution < 1.29 is 13.9 Å². The molecule has 1 N–H and O–H groups in total. The Kier molecular flexibility index (Phi) is 4.81. The van der Waals surface area contributed by atoms with Gasteiger partial charge in [0.25, 0.3) is 0 Å². The molecule has 1 unspecified atom stereocenters. The van der Waals surface area contributed by atoms with Crippen molar-refractivity contribution in [2.75, 3.05) is 12.4 Å². The first-order chi connectivity index (χ1) is 10.0. The summed E-state index contributed by atoms with van der Waals surface area (Å²) in [7, 11) is 1.32. The van der Waals surface area contributed by atoms with E-state index in [0.717, 1.165) is 5.56 Å². The van der Waals surface area contributed by atoms with Gasteiger partial charge in [0.15, 0.2) is 0 Å². The molecule has 0 bridgehead atoms. The van der Waals surface area contributed by atoms with E-state index >= 15 is 0 Å². The number of carbonyl (C=O) groups excluding carboxylic acids is 1. The maximum atomic E-state index is 13.2. The largest absolute Gasteiger partial charge is 0.465 e. The van der Waals surface area contributed by atoms with Gasteiger partial charge in [0, 0.05) is 6.04 Å². The zero-order valence-corrected chi connectivity index (χ0v) is 12.4. The lowest BCUT2D eigenvalue weighted by molar-refractivity contribution is 0.0601. The molecule has 0 heterocycles. The lowest BCUT2D eigenvalue weighted by Gasteiger charge is -2.17. The minimum absolute atomic E-state index is 0.161. The molecule has 0 saturated heterocycles. The molecule has 1 atom stereocenters. The van der Waals surface area contributed by atoms with Crippen molar-refractivity contribution in [3.05, 3.63) is 64.4 Å². The number of anilines is 1. The second-order valence-corrected chi connectivity index (χ2v) is 5.01. The number of hydrogen-bond donors (Lipinski definition) is 1. The first-order valence-corrected chi connectivity index (χ1v) is 6.79. The number of hydrogen-bond acceptors (Lipinski definition) is 3. The van der Waals surface area contributed by atoms with Gasteiger partial charge < -0.3 is 10.1 Å². The number of ether oxygens (including phenoxy) is 1. The molecule has 0 aliphatic rings. The Labute approximate surface area is 127 Å². The standard InChI is InChI=1S/C16H15ClFNO2/c1-10(11-4-3-5-13(18)8-11)19-15-9-12(16(20)21-2)6-7-14(15)17/h3-10,19H,1-2H3. The lowest BCUT2D eigenvalue weighted by Crippen LogP contribution is -2.09. The summed E-state index contributed by atoms with van der Waals surface area (Å²) in [5.41, 5.74) is 1.78. The van der Waals surface area contributed by atoms with Gasteiger partial charge in [-0.05, 0) is 42.8 Å². The molecule has 2 aromatic carbocycles. The van der Waals surface area contributed by atoms with Crippen LogP contribution in [0.25, 0.3) is 0 Å². The molecule has 0 radical (unpaired) electrons. The van der Waals surface area contributed by atoms with E-state index in [9.17, 15) is 9.18 Å².